The number of para-hydroxylation sites is 1. The SMILES string of the molecule is [2H]C([2H])([2H])c1ccc(-n2c(-c3cc(C(C([2H])([2H])[2H])(C([2H])([2H])[2H])C([2H])([2H])[2H])cc(C(C([2H])([2H])[2H])(C([2H])([2H])[2H])C([2H])([2H])[2H])c3O)nc3c(-c4cc(-c5cc(-c6ccc(C(C)(C)C)cc6)ccn5)cc(C(C)(C)C)c4)cccc32)c(-c2ccccc2)c1. The first-order valence-corrected chi connectivity index (χ1v) is 20.6. The number of rotatable bonds is 6. The molecule has 0 bridgehead atoms. The Morgan fingerprint density at radius 3 is 1.89 bits per heavy atom. The van der Waals surface area contributed by atoms with Crippen LogP contribution in [0.5, 0.6) is 5.75 Å². The molecule has 0 saturated carbocycles. The Labute approximate surface area is 405 Å². The maximum atomic E-state index is 13.0. The van der Waals surface area contributed by atoms with Gasteiger partial charge in [-0.25, -0.2) is 4.98 Å². The van der Waals surface area contributed by atoms with Crippen LogP contribution < -0.4 is 0 Å². The van der Waals surface area contributed by atoms with Gasteiger partial charge in [0.15, 0.2) is 0 Å². The van der Waals surface area contributed by atoms with Crippen molar-refractivity contribution in [1.29, 1.82) is 0 Å². The quantitative estimate of drug-likeness (QED) is 0.181. The highest BCUT2D eigenvalue weighted by molar-refractivity contribution is 5.98. The summed E-state index contributed by atoms with van der Waals surface area (Å²) in [5.74, 6) is -1.98. The molecular formula is C59H63N3O. The monoisotopic (exact) mass is 851 g/mol. The second-order valence-corrected chi connectivity index (χ2v) is 18.3. The van der Waals surface area contributed by atoms with Gasteiger partial charge in [-0.15, -0.1) is 0 Å². The van der Waals surface area contributed by atoms with Gasteiger partial charge in [0, 0.05) is 57.2 Å². The lowest BCUT2D eigenvalue weighted by Crippen LogP contribution is -2.17. The Morgan fingerprint density at radius 1 is 0.508 bits per heavy atom. The van der Waals surface area contributed by atoms with Gasteiger partial charge in [-0.3, -0.25) is 9.55 Å². The molecule has 4 heteroatoms. The fourth-order valence-electron chi connectivity index (χ4n) is 7.94. The maximum Gasteiger partial charge on any atom is 0.149 e. The van der Waals surface area contributed by atoms with Gasteiger partial charge in [-0.1, -0.05) is 173 Å². The van der Waals surface area contributed by atoms with Gasteiger partial charge >= 0.3 is 0 Å². The van der Waals surface area contributed by atoms with E-state index in [2.05, 4.69) is 32.9 Å². The molecule has 63 heavy (non-hydrogen) atoms. The highest BCUT2D eigenvalue weighted by atomic mass is 16.3. The number of aromatic nitrogens is 3. The molecule has 0 radical (unpaired) electrons. The summed E-state index contributed by atoms with van der Waals surface area (Å²) in [5.41, 5.74) is -5.76. The summed E-state index contributed by atoms with van der Waals surface area (Å²) >= 11 is 0. The Balaban J connectivity index is 1.59. The topological polar surface area (TPSA) is 50.9 Å². The van der Waals surface area contributed by atoms with Crippen LogP contribution in [0.4, 0.5) is 0 Å². The minimum Gasteiger partial charge on any atom is -0.507 e. The standard InChI is InChI=1S/C59H63N3O/c1-37-22-27-51(47(30-37)39-18-15-14-16-19-39)62-52-21-17-20-46(53(52)61-55(62)48-35-45(58(8,9)10)36-49(54(48)63)59(11,12)13)41-31-42(33-44(32-41)57(5,6)7)50-34-40(28-29-60-50)38-23-25-43(26-24-38)56(2,3)4/h14-36,63H,1-13H3/i1D3,8D3,9D3,10D3,11D3,12D3,13D3. The van der Waals surface area contributed by atoms with E-state index in [0.29, 0.717) is 34.0 Å². The first-order valence-electron chi connectivity index (χ1n) is 31.1. The van der Waals surface area contributed by atoms with Crippen LogP contribution in [0.3, 0.4) is 0 Å². The van der Waals surface area contributed by atoms with Crippen LogP contribution in [0.25, 0.3) is 72.7 Å². The third-order valence-corrected chi connectivity index (χ3v) is 11.4. The number of benzene rings is 6. The molecule has 0 aliphatic heterocycles. The zero-order valence-electron chi connectivity index (χ0n) is 57.1. The smallest absolute Gasteiger partial charge is 0.149 e. The predicted molar refractivity (Wildman–Crippen MR) is 267 cm³/mol. The summed E-state index contributed by atoms with van der Waals surface area (Å²) < 4.78 is 184. The predicted octanol–water partition coefficient (Wildman–Crippen LogP) is 16.0. The van der Waals surface area contributed by atoms with Crippen molar-refractivity contribution < 1.29 is 33.9 Å². The van der Waals surface area contributed by atoms with Crippen LogP contribution in [0.2, 0.25) is 0 Å². The molecule has 1 N–H and O–H groups in total. The highest BCUT2D eigenvalue weighted by Gasteiger charge is 2.29. The molecule has 0 aliphatic rings. The lowest BCUT2D eigenvalue weighted by Gasteiger charge is -2.27. The average molecular weight is 851 g/mol. The van der Waals surface area contributed by atoms with E-state index in [4.69, 9.17) is 38.8 Å². The fraction of sp³-hybridized carbons (Fsp3) is 0.288. The zero-order valence-corrected chi connectivity index (χ0v) is 36.1. The Hall–Kier alpha value is -6.26. The third kappa shape index (κ3) is 8.61. The van der Waals surface area contributed by atoms with E-state index in [1.165, 1.54) is 22.8 Å². The molecular weight excluding hydrogens is 767 g/mol. The summed E-state index contributed by atoms with van der Waals surface area (Å²) in [6, 6.07) is 36.3. The molecule has 0 atom stereocenters. The van der Waals surface area contributed by atoms with Gasteiger partial charge in [0.25, 0.3) is 0 Å². The summed E-state index contributed by atoms with van der Waals surface area (Å²) in [7, 11) is 0. The van der Waals surface area contributed by atoms with Gasteiger partial charge in [0.2, 0.25) is 0 Å². The number of hydrogen-bond donors (Lipinski definition) is 1. The van der Waals surface area contributed by atoms with Crippen molar-refractivity contribution in [3.05, 3.63) is 167 Å². The van der Waals surface area contributed by atoms with Crippen LogP contribution in [-0.4, -0.2) is 19.6 Å². The van der Waals surface area contributed by atoms with Gasteiger partial charge in [-0.05, 0) is 116 Å². The highest BCUT2D eigenvalue weighted by Crippen LogP contribution is 2.46. The van der Waals surface area contributed by atoms with Crippen LogP contribution in [0.1, 0.15) is 139 Å². The number of phenolic OH excluding ortho intramolecular Hbond substituents is 1. The van der Waals surface area contributed by atoms with E-state index in [1.807, 2.05) is 63.2 Å². The number of hydrogen-bond acceptors (Lipinski definition) is 3. The molecule has 0 spiro atoms. The van der Waals surface area contributed by atoms with Crippen LogP contribution in [0, 0.1) is 6.85 Å². The Kier molecular flexibility index (Phi) is 6.17. The van der Waals surface area contributed by atoms with E-state index >= 15 is 0 Å². The lowest BCUT2D eigenvalue weighted by molar-refractivity contribution is 0.446. The molecule has 0 fully saturated rings. The normalized spacial score (nSPS) is 18.9. The van der Waals surface area contributed by atoms with Gasteiger partial charge in [-0.2, -0.15) is 0 Å². The minimum atomic E-state index is -4.20. The molecule has 8 aromatic rings. The van der Waals surface area contributed by atoms with Crippen LogP contribution >= 0.6 is 0 Å². The third-order valence-electron chi connectivity index (χ3n) is 11.4. The average Bonchev–Trinajstić information content (AvgIpc) is 0.806. The van der Waals surface area contributed by atoms with E-state index < -0.39 is 92.5 Å². The molecule has 4 nitrogen and oxygen atoms in total. The molecule has 0 aliphatic carbocycles. The fourth-order valence-corrected chi connectivity index (χ4v) is 7.94. The number of aromatic hydroxyl groups is 1. The van der Waals surface area contributed by atoms with Crippen molar-refractivity contribution in [1.82, 2.24) is 14.5 Å². The van der Waals surface area contributed by atoms with Crippen molar-refractivity contribution in [2.24, 2.45) is 0 Å². The number of phenols is 1. The van der Waals surface area contributed by atoms with Crippen LogP contribution in [0.15, 0.2) is 140 Å². The van der Waals surface area contributed by atoms with Gasteiger partial charge < -0.3 is 5.11 Å². The minimum absolute atomic E-state index is 0.0804. The summed E-state index contributed by atoms with van der Waals surface area (Å²) in [6.45, 7) is -15.1. The molecule has 6 aromatic carbocycles. The first-order chi connectivity index (χ1) is 38.3. The zero-order chi connectivity index (χ0) is 62.7. The molecule has 0 unspecified atom stereocenters. The van der Waals surface area contributed by atoms with E-state index in [9.17, 15) is 5.11 Å². The number of nitrogens with zero attached hydrogens (tertiary/aromatic N) is 3. The molecule has 320 valence electrons. The number of fused-ring (bicyclic) bond motifs is 1. The number of imidazole rings is 1. The largest absolute Gasteiger partial charge is 0.507 e. The maximum absolute atomic E-state index is 13.0. The molecule has 2 heterocycles. The van der Waals surface area contributed by atoms with E-state index in [0.717, 1.165) is 22.3 Å². The van der Waals surface area contributed by atoms with Crippen molar-refractivity contribution in [3.63, 3.8) is 0 Å². The van der Waals surface area contributed by atoms with E-state index in [-0.39, 0.29) is 39.3 Å². The van der Waals surface area contributed by atoms with Gasteiger partial charge in [0.05, 0.1) is 28.0 Å². The molecule has 8 rings (SSSR count). The Morgan fingerprint density at radius 2 is 1.21 bits per heavy atom. The number of aryl methyl sites for hydroxylation is 1. The second kappa shape index (κ2) is 15.8. The summed E-state index contributed by atoms with van der Waals surface area (Å²) in [6.07, 6.45) is 1.70. The number of pyridine rings is 1. The summed E-state index contributed by atoms with van der Waals surface area (Å²) in [4.78, 5) is 9.94. The lowest BCUT2D eigenvalue weighted by atomic mass is 9.79. The van der Waals surface area contributed by atoms with E-state index in [1.54, 1.807) is 54.7 Å². The van der Waals surface area contributed by atoms with Crippen molar-refractivity contribution in [2.75, 3.05) is 0 Å². The van der Waals surface area contributed by atoms with Crippen molar-refractivity contribution in [3.8, 4) is 67.5 Å². The molecule has 2 aromatic heterocycles. The van der Waals surface area contributed by atoms with Crippen molar-refractivity contribution >= 4 is 11.0 Å². The molecule has 0 amide bonds. The Bertz CT molecular complexity index is 3700. The second-order valence-electron chi connectivity index (χ2n) is 18.3. The summed E-state index contributed by atoms with van der Waals surface area (Å²) in [5, 5.41) is 13.0. The van der Waals surface area contributed by atoms with Gasteiger partial charge in [0.1, 0.15) is 11.6 Å². The first kappa shape index (κ1) is 24.5. The van der Waals surface area contributed by atoms with Crippen LogP contribution in [-0.2, 0) is 21.7 Å². The molecule has 0 saturated heterocycles. The van der Waals surface area contributed by atoms with Crippen molar-refractivity contribution in [2.45, 2.75) is 111 Å².